The number of benzene rings is 2. The molecule has 6 nitrogen and oxygen atoms in total. The van der Waals surface area contributed by atoms with E-state index >= 15 is 0 Å². The fourth-order valence-corrected chi connectivity index (χ4v) is 4.18. The van der Waals surface area contributed by atoms with Gasteiger partial charge in [-0.05, 0) is 56.4 Å². The van der Waals surface area contributed by atoms with Crippen LogP contribution in [0, 0.1) is 0 Å². The first-order chi connectivity index (χ1) is 14.6. The monoisotopic (exact) mass is 399 g/mol. The molecule has 1 atom stereocenters. The summed E-state index contributed by atoms with van der Waals surface area (Å²) in [5.41, 5.74) is 3.69. The normalized spacial score (nSPS) is 14.4. The van der Waals surface area contributed by atoms with E-state index in [4.69, 9.17) is 9.72 Å². The number of aromatic amines is 1. The molecule has 30 heavy (non-hydrogen) atoms. The molecule has 0 aliphatic heterocycles. The quantitative estimate of drug-likeness (QED) is 0.520. The third-order valence-electron chi connectivity index (χ3n) is 5.67. The molecule has 0 bridgehead atoms. The summed E-state index contributed by atoms with van der Waals surface area (Å²) in [6, 6.07) is 14.8. The number of nitrogens with zero attached hydrogens (tertiary/aromatic N) is 2. The smallest absolute Gasteiger partial charge is 0.339 e. The maximum atomic E-state index is 13.3. The average molecular weight is 399 g/mol. The Labute approximate surface area is 172 Å². The Balaban J connectivity index is 1.54. The van der Waals surface area contributed by atoms with Crippen molar-refractivity contribution >= 4 is 27.8 Å². The Morgan fingerprint density at radius 2 is 1.63 bits per heavy atom. The molecule has 0 saturated heterocycles. The molecule has 2 heterocycles. The summed E-state index contributed by atoms with van der Waals surface area (Å²) in [5, 5.41) is 1.31. The maximum absolute atomic E-state index is 13.3. The minimum Gasteiger partial charge on any atom is -0.451 e. The van der Waals surface area contributed by atoms with Crippen LogP contribution in [0.5, 0.6) is 0 Å². The Kier molecular flexibility index (Phi) is 4.54. The Morgan fingerprint density at radius 1 is 0.967 bits per heavy atom. The zero-order valence-corrected chi connectivity index (χ0v) is 16.6. The van der Waals surface area contributed by atoms with Crippen molar-refractivity contribution in [1.29, 1.82) is 0 Å². The van der Waals surface area contributed by atoms with Gasteiger partial charge in [0, 0.05) is 11.1 Å². The van der Waals surface area contributed by atoms with Crippen LogP contribution in [-0.2, 0) is 17.6 Å². The molecule has 0 spiro atoms. The van der Waals surface area contributed by atoms with Crippen molar-refractivity contribution in [2.75, 3.05) is 0 Å². The number of para-hydroxylation sites is 2. The van der Waals surface area contributed by atoms with Crippen LogP contribution in [0.2, 0.25) is 0 Å². The lowest BCUT2D eigenvalue weighted by molar-refractivity contribution is 0.0320. The van der Waals surface area contributed by atoms with Gasteiger partial charge in [-0.1, -0.05) is 30.3 Å². The molecule has 0 unspecified atom stereocenters. The Bertz CT molecular complexity index is 1340. The van der Waals surface area contributed by atoms with Gasteiger partial charge in [-0.3, -0.25) is 9.78 Å². The van der Waals surface area contributed by atoms with Crippen LogP contribution in [0.25, 0.3) is 21.8 Å². The molecular formula is C24H21N3O3. The van der Waals surface area contributed by atoms with Gasteiger partial charge in [-0.25, -0.2) is 9.78 Å². The number of rotatable bonds is 3. The van der Waals surface area contributed by atoms with Gasteiger partial charge < -0.3 is 9.72 Å². The van der Waals surface area contributed by atoms with Crippen LogP contribution < -0.4 is 5.56 Å². The van der Waals surface area contributed by atoms with Crippen LogP contribution >= 0.6 is 0 Å². The number of fused-ring (bicyclic) bond motifs is 3. The summed E-state index contributed by atoms with van der Waals surface area (Å²) in [7, 11) is 0. The number of esters is 1. The highest BCUT2D eigenvalue weighted by atomic mass is 16.5. The molecule has 1 aliphatic rings. The Hall–Kier alpha value is -3.54. The zero-order valence-electron chi connectivity index (χ0n) is 16.6. The van der Waals surface area contributed by atoms with Gasteiger partial charge in [0.05, 0.1) is 22.0 Å². The lowest BCUT2D eigenvalue weighted by Crippen LogP contribution is -2.20. The van der Waals surface area contributed by atoms with Crippen LogP contribution in [0.4, 0.5) is 0 Å². The first-order valence-corrected chi connectivity index (χ1v) is 10.2. The highest BCUT2D eigenvalue weighted by molar-refractivity contribution is 6.05. The molecule has 0 fully saturated rings. The second-order valence-electron chi connectivity index (χ2n) is 7.65. The van der Waals surface area contributed by atoms with Crippen molar-refractivity contribution in [3.63, 3.8) is 0 Å². The number of carbonyl (C=O) groups is 1. The maximum Gasteiger partial charge on any atom is 0.339 e. The van der Waals surface area contributed by atoms with Gasteiger partial charge in [0.1, 0.15) is 0 Å². The van der Waals surface area contributed by atoms with Crippen molar-refractivity contribution in [1.82, 2.24) is 15.0 Å². The summed E-state index contributed by atoms with van der Waals surface area (Å²) < 4.78 is 5.80. The molecule has 1 N–H and O–H groups in total. The summed E-state index contributed by atoms with van der Waals surface area (Å²) >= 11 is 0. The third kappa shape index (κ3) is 3.14. The summed E-state index contributed by atoms with van der Waals surface area (Å²) in [6.45, 7) is 1.72. The second-order valence-corrected chi connectivity index (χ2v) is 7.65. The van der Waals surface area contributed by atoms with Gasteiger partial charge in [-0.2, -0.15) is 0 Å². The number of carbonyl (C=O) groups excluding carboxylic acids is 1. The van der Waals surface area contributed by atoms with E-state index in [2.05, 4.69) is 9.97 Å². The number of aromatic nitrogens is 3. The molecule has 0 saturated carbocycles. The van der Waals surface area contributed by atoms with Gasteiger partial charge in [-0.15, -0.1) is 0 Å². The fourth-order valence-electron chi connectivity index (χ4n) is 4.18. The lowest BCUT2D eigenvalue weighted by Gasteiger charge is -2.21. The van der Waals surface area contributed by atoms with Crippen LogP contribution in [0.1, 0.15) is 53.3 Å². The molecule has 2 aromatic heterocycles. The van der Waals surface area contributed by atoms with E-state index in [0.717, 1.165) is 47.8 Å². The molecule has 6 heteroatoms. The second kappa shape index (κ2) is 7.37. The molecule has 2 aromatic carbocycles. The standard InChI is InChI=1S/C24H21N3O3/c1-14(22-26-20-13-7-4-10-17(20)23(28)27-22)30-24(29)21-15-8-2-5-11-18(15)25-19-12-6-3-9-16(19)21/h2,4-5,7-8,10-11,13-14H,3,6,9,12H2,1H3,(H,26,27,28)/t14-/m1/s1. The summed E-state index contributed by atoms with van der Waals surface area (Å²) in [4.78, 5) is 37.7. The Morgan fingerprint density at radius 3 is 2.43 bits per heavy atom. The number of H-pyrrole nitrogens is 1. The fraction of sp³-hybridized carbons (Fsp3) is 0.250. The molecular weight excluding hydrogens is 378 g/mol. The van der Waals surface area contributed by atoms with E-state index in [-0.39, 0.29) is 5.56 Å². The minimum absolute atomic E-state index is 0.245. The number of aryl methyl sites for hydroxylation is 1. The zero-order chi connectivity index (χ0) is 20.7. The van der Waals surface area contributed by atoms with E-state index in [9.17, 15) is 9.59 Å². The first-order valence-electron chi connectivity index (χ1n) is 10.2. The number of ether oxygens (including phenoxy) is 1. The largest absolute Gasteiger partial charge is 0.451 e. The number of pyridine rings is 1. The topological polar surface area (TPSA) is 84.9 Å². The SMILES string of the molecule is C[C@@H](OC(=O)c1c2c(nc3ccccc13)CCCC2)c1nc2ccccc2c(=O)[nH]1. The van der Waals surface area contributed by atoms with Gasteiger partial charge in [0.15, 0.2) is 11.9 Å². The minimum atomic E-state index is -0.694. The van der Waals surface area contributed by atoms with Gasteiger partial charge in [0.25, 0.3) is 5.56 Å². The highest BCUT2D eigenvalue weighted by Gasteiger charge is 2.25. The molecule has 0 radical (unpaired) electrons. The van der Waals surface area contributed by atoms with Crippen molar-refractivity contribution in [3.05, 3.63) is 81.5 Å². The first kappa shape index (κ1) is 18.5. The third-order valence-corrected chi connectivity index (χ3v) is 5.67. The van der Waals surface area contributed by atoms with E-state index in [1.807, 2.05) is 30.3 Å². The van der Waals surface area contributed by atoms with E-state index in [1.54, 1.807) is 25.1 Å². The number of hydrogen-bond acceptors (Lipinski definition) is 5. The van der Waals surface area contributed by atoms with E-state index < -0.39 is 12.1 Å². The van der Waals surface area contributed by atoms with Crippen molar-refractivity contribution in [2.24, 2.45) is 0 Å². The van der Waals surface area contributed by atoms with Crippen LogP contribution in [0.15, 0.2) is 53.3 Å². The van der Waals surface area contributed by atoms with Gasteiger partial charge >= 0.3 is 5.97 Å². The lowest BCUT2D eigenvalue weighted by atomic mass is 9.90. The van der Waals surface area contributed by atoms with E-state index in [0.29, 0.717) is 22.3 Å². The van der Waals surface area contributed by atoms with Crippen LogP contribution in [0.3, 0.4) is 0 Å². The average Bonchev–Trinajstić information content (AvgIpc) is 2.77. The molecule has 1 aliphatic carbocycles. The van der Waals surface area contributed by atoms with Crippen molar-refractivity contribution < 1.29 is 9.53 Å². The highest BCUT2D eigenvalue weighted by Crippen LogP contribution is 2.30. The summed E-state index contributed by atoms with van der Waals surface area (Å²) in [6.07, 6.45) is 3.10. The molecule has 0 amide bonds. The van der Waals surface area contributed by atoms with Crippen LogP contribution in [-0.4, -0.2) is 20.9 Å². The predicted molar refractivity (Wildman–Crippen MR) is 115 cm³/mol. The van der Waals surface area contributed by atoms with Crippen molar-refractivity contribution in [3.8, 4) is 0 Å². The van der Waals surface area contributed by atoms with Crippen molar-refractivity contribution in [2.45, 2.75) is 38.7 Å². The van der Waals surface area contributed by atoms with Gasteiger partial charge in [0.2, 0.25) is 0 Å². The van der Waals surface area contributed by atoms with E-state index in [1.165, 1.54) is 0 Å². The summed E-state index contributed by atoms with van der Waals surface area (Å²) in [5.74, 6) is -0.0747. The number of hydrogen-bond donors (Lipinski definition) is 1. The molecule has 5 rings (SSSR count). The number of nitrogens with one attached hydrogen (secondary N) is 1. The molecule has 4 aromatic rings. The molecule has 150 valence electrons. The predicted octanol–water partition coefficient (Wildman–Crippen LogP) is 4.27.